The molecule has 2 aromatic heterocycles. The average molecular weight is 413 g/mol. The third-order valence-corrected chi connectivity index (χ3v) is 6.76. The van der Waals surface area contributed by atoms with Crippen LogP contribution in [0, 0.1) is 5.41 Å². The van der Waals surface area contributed by atoms with Crippen molar-refractivity contribution in [2.45, 2.75) is 45.4 Å². The minimum absolute atomic E-state index is 0.0633. The number of carbonyl (C=O) groups is 1. The van der Waals surface area contributed by atoms with Gasteiger partial charge in [-0.3, -0.25) is 9.48 Å². The van der Waals surface area contributed by atoms with E-state index in [1.807, 2.05) is 36.4 Å². The van der Waals surface area contributed by atoms with E-state index in [0.29, 0.717) is 6.42 Å². The molecule has 158 valence electrons. The zero-order chi connectivity index (χ0) is 21.8. The van der Waals surface area contributed by atoms with E-state index in [4.69, 9.17) is 0 Å². The van der Waals surface area contributed by atoms with Gasteiger partial charge in [0.15, 0.2) is 5.78 Å². The number of carbonyl (C=O) groups excluding carboxylic acids is 1. The van der Waals surface area contributed by atoms with E-state index in [0.717, 1.165) is 52.2 Å². The van der Waals surface area contributed by atoms with E-state index in [2.05, 4.69) is 66.5 Å². The highest BCUT2D eigenvalue weighted by atomic mass is 16.1. The van der Waals surface area contributed by atoms with Gasteiger partial charge in [-0.15, -0.1) is 0 Å². The lowest BCUT2D eigenvalue weighted by atomic mass is 9.59. The summed E-state index contributed by atoms with van der Waals surface area (Å²) in [5.41, 5.74) is 5.75. The lowest BCUT2D eigenvalue weighted by molar-refractivity contribution is -0.118. The van der Waals surface area contributed by atoms with Crippen molar-refractivity contribution in [1.29, 1.82) is 0 Å². The molecule has 1 N–H and O–H groups in total. The monoisotopic (exact) mass is 412 g/mol. The molecule has 2 aliphatic rings. The number of ketones is 1. The van der Waals surface area contributed by atoms with Crippen molar-refractivity contribution < 1.29 is 4.79 Å². The highest BCUT2D eigenvalue weighted by molar-refractivity contribution is 6.03. The number of Topliss-reactive ketones (excluding diaryl/α,β-unsaturated/α-hetero) is 1. The number of aromatic nitrogens is 3. The molecule has 0 spiro atoms. The third kappa shape index (κ3) is 3.02. The molecule has 3 aromatic rings. The summed E-state index contributed by atoms with van der Waals surface area (Å²) in [4.78, 5) is 18.3. The molecular weight excluding hydrogens is 384 g/mol. The van der Waals surface area contributed by atoms with Gasteiger partial charge in [-0.25, -0.2) is 4.98 Å². The topological polar surface area (TPSA) is 59.8 Å². The lowest BCUT2D eigenvalue weighted by Crippen LogP contribution is -2.43. The molecule has 5 heteroatoms. The van der Waals surface area contributed by atoms with Crippen LogP contribution < -0.4 is 5.32 Å². The number of hydrogen-bond acceptors (Lipinski definition) is 4. The SMILES string of the molecule is CC[C@]1(c2cccc(-c3cnn(C)c3)c2)C2=C(CC(C)(C)CC2=O)Nc2ncccc21. The second-order valence-corrected chi connectivity index (χ2v) is 9.56. The van der Waals surface area contributed by atoms with Gasteiger partial charge in [0.1, 0.15) is 5.82 Å². The van der Waals surface area contributed by atoms with E-state index in [1.54, 1.807) is 0 Å². The Morgan fingerprint density at radius 2 is 1.97 bits per heavy atom. The Morgan fingerprint density at radius 3 is 2.71 bits per heavy atom. The maximum atomic E-state index is 13.6. The summed E-state index contributed by atoms with van der Waals surface area (Å²) in [6.07, 6.45) is 7.92. The Bertz CT molecular complexity index is 1220. The van der Waals surface area contributed by atoms with Crippen LogP contribution in [0.25, 0.3) is 11.1 Å². The number of fused-ring (bicyclic) bond motifs is 1. The van der Waals surface area contributed by atoms with Gasteiger partial charge in [0.25, 0.3) is 0 Å². The normalized spacial score (nSPS) is 22.0. The zero-order valence-corrected chi connectivity index (χ0v) is 18.6. The number of rotatable bonds is 3. The first-order chi connectivity index (χ1) is 14.8. The summed E-state index contributed by atoms with van der Waals surface area (Å²) in [5, 5.41) is 7.86. The molecule has 0 saturated carbocycles. The van der Waals surface area contributed by atoms with Crippen molar-refractivity contribution >= 4 is 11.6 Å². The smallest absolute Gasteiger partial charge is 0.162 e. The summed E-state index contributed by atoms with van der Waals surface area (Å²) in [5.74, 6) is 1.10. The Balaban J connectivity index is 1.78. The first kappa shape index (κ1) is 19.7. The standard InChI is InChI=1S/C26H28N4O/c1-5-26(19-9-6-8-17(12-19)18-15-28-30(4)16-18)20-10-7-11-27-24(20)29-21-13-25(2,3)14-22(31)23(21)26/h6-12,15-16H,5,13-14H2,1-4H3,(H,27,29)/t26-/m1/s1. The number of pyridine rings is 1. The Kier molecular flexibility index (Phi) is 4.40. The molecule has 0 amide bonds. The zero-order valence-electron chi connectivity index (χ0n) is 18.6. The summed E-state index contributed by atoms with van der Waals surface area (Å²) >= 11 is 0. The Hall–Kier alpha value is -3.21. The van der Waals surface area contributed by atoms with Crippen molar-refractivity contribution in [3.8, 4) is 11.1 Å². The predicted molar refractivity (Wildman–Crippen MR) is 123 cm³/mol. The fourth-order valence-electron chi connectivity index (χ4n) is 5.46. The minimum Gasteiger partial charge on any atom is -0.343 e. The Labute approximate surface area is 183 Å². The van der Waals surface area contributed by atoms with E-state index >= 15 is 0 Å². The molecular formula is C26H28N4O. The number of hydrogen-bond donors (Lipinski definition) is 1. The summed E-state index contributed by atoms with van der Waals surface area (Å²) in [7, 11) is 1.93. The molecule has 1 aliphatic carbocycles. The second kappa shape index (κ2) is 6.91. The molecule has 5 nitrogen and oxygen atoms in total. The van der Waals surface area contributed by atoms with Crippen LogP contribution in [-0.2, 0) is 17.3 Å². The van der Waals surface area contributed by atoms with E-state index < -0.39 is 5.41 Å². The van der Waals surface area contributed by atoms with Gasteiger partial charge in [-0.05, 0) is 41.5 Å². The summed E-state index contributed by atoms with van der Waals surface area (Å²) in [6.45, 7) is 6.51. The molecule has 1 atom stereocenters. The van der Waals surface area contributed by atoms with Gasteiger partial charge in [-0.1, -0.05) is 45.0 Å². The summed E-state index contributed by atoms with van der Waals surface area (Å²) in [6, 6.07) is 12.7. The van der Waals surface area contributed by atoms with Gasteiger partial charge < -0.3 is 5.32 Å². The van der Waals surface area contributed by atoms with Gasteiger partial charge >= 0.3 is 0 Å². The molecule has 0 unspecified atom stereocenters. The summed E-state index contributed by atoms with van der Waals surface area (Å²) < 4.78 is 1.81. The molecule has 5 rings (SSSR count). The lowest BCUT2D eigenvalue weighted by Gasteiger charge is -2.46. The fourth-order valence-corrected chi connectivity index (χ4v) is 5.46. The third-order valence-electron chi connectivity index (χ3n) is 6.76. The fraction of sp³-hybridized carbons (Fsp3) is 0.346. The van der Waals surface area contributed by atoms with Gasteiger partial charge in [0.05, 0.1) is 11.6 Å². The van der Waals surface area contributed by atoms with Crippen LogP contribution in [0.4, 0.5) is 5.82 Å². The van der Waals surface area contributed by atoms with E-state index in [1.165, 1.54) is 0 Å². The largest absolute Gasteiger partial charge is 0.343 e. The highest BCUT2D eigenvalue weighted by Gasteiger charge is 2.49. The van der Waals surface area contributed by atoms with Crippen molar-refractivity contribution in [1.82, 2.24) is 14.8 Å². The molecule has 31 heavy (non-hydrogen) atoms. The van der Waals surface area contributed by atoms with Crippen molar-refractivity contribution in [2.75, 3.05) is 5.32 Å². The van der Waals surface area contributed by atoms with Crippen LogP contribution in [-0.4, -0.2) is 20.5 Å². The molecule has 0 bridgehead atoms. The van der Waals surface area contributed by atoms with Crippen LogP contribution in [0.3, 0.4) is 0 Å². The predicted octanol–water partition coefficient (Wildman–Crippen LogP) is 5.25. The Morgan fingerprint density at radius 1 is 1.13 bits per heavy atom. The first-order valence-corrected chi connectivity index (χ1v) is 10.9. The van der Waals surface area contributed by atoms with Gasteiger partial charge in [0, 0.05) is 48.3 Å². The van der Waals surface area contributed by atoms with Crippen molar-refractivity contribution in [3.63, 3.8) is 0 Å². The molecule has 1 aliphatic heterocycles. The number of nitrogens with one attached hydrogen (secondary N) is 1. The number of benzene rings is 1. The maximum absolute atomic E-state index is 13.6. The molecule has 3 heterocycles. The molecule has 0 radical (unpaired) electrons. The van der Waals surface area contributed by atoms with Crippen LogP contribution in [0.2, 0.25) is 0 Å². The van der Waals surface area contributed by atoms with Crippen LogP contribution in [0.1, 0.15) is 51.2 Å². The van der Waals surface area contributed by atoms with Crippen LogP contribution in [0.15, 0.2) is 66.3 Å². The maximum Gasteiger partial charge on any atom is 0.162 e. The first-order valence-electron chi connectivity index (χ1n) is 10.9. The quantitative estimate of drug-likeness (QED) is 0.638. The van der Waals surface area contributed by atoms with E-state index in [-0.39, 0.29) is 11.2 Å². The number of anilines is 1. The van der Waals surface area contributed by atoms with Crippen molar-refractivity contribution in [3.05, 3.63) is 77.4 Å². The second-order valence-electron chi connectivity index (χ2n) is 9.56. The van der Waals surface area contributed by atoms with Gasteiger partial charge in [0.2, 0.25) is 0 Å². The molecule has 0 saturated heterocycles. The number of nitrogens with zero attached hydrogens (tertiary/aromatic N) is 3. The highest BCUT2D eigenvalue weighted by Crippen LogP contribution is 2.53. The number of aryl methyl sites for hydroxylation is 1. The van der Waals surface area contributed by atoms with E-state index in [9.17, 15) is 4.79 Å². The minimum atomic E-state index is -0.518. The van der Waals surface area contributed by atoms with Crippen LogP contribution >= 0.6 is 0 Å². The molecule has 1 aromatic carbocycles. The number of allylic oxidation sites excluding steroid dienone is 2. The molecule has 0 fully saturated rings. The van der Waals surface area contributed by atoms with Gasteiger partial charge in [-0.2, -0.15) is 5.10 Å². The van der Waals surface area contributed by atoms with Crippen molar-refractivity contribution in [2.24, 2.45) is 12.5 Å². The van der Waals surface area contributed by atoms with Crippen LogP contribution in [0.5, 0.6) is 0 Å². The average Bonchev–Trinajstić information content (AvgIpc) is 3.18.